The number of rotatable bonds is 3. The molecule has 2 saturated heterocycles. The van der Waals surface area contributed by atoms with Gasteiger partial charge in [-0.15, -0.1) is 0 Å². The Morgan fingerprint density at radius 3 is 2.95 bits per heavy atom. The second-order valence-corrected chi connectivity index (χ2v) is 5.80. The van der Waals surface area contributed by atoms with Crippen LogP contribution in [-0.4, -0.2) is 67.7 Å². The van der Waals surface area contributed by atoms with Gasteiger partial charge < -0.3 is 19.4 Å². The number of hydrogen-bond acceptors (Lipinski definition) is 5. The van der Waals surface area contributed by atoms with Crippen molar-refractivity contribution in [1.29, 1.82) is 0 Å². The van der Waals surface area contributed by atoms with Crippen molar-refractivity contribution < 1.29 is 13.9 Å². The fourth-order valence-corrected chi connectivity index (χ4v) is 2.85. The SMILES string of the molecule is C[C@@H]1CN(C(=O)c2coc(CN3CCOCC3)c2)CCN1. The van der Waals surface area contributed by atoms with Crippen LogP contribution >= 0.6 is 0 Å². The van der Waals surface area contributed by atoms with E-state index in [-0.39, 0.29) is 5.91 Å². The van der Waals surface area contributed by atoms with E-state index >= 15 is 0 Å². The van der Waals surface area contributed by atoms with Gasteiger partial charge in [0.15, 0.2) is 0 Å². The number of piperazine rings is 1. The van der Waals surface area contributed by atoms with Crippen LogP contribution in [0.25, 0.3) is 0 Å². The highest BCUT2D eigenvalue weighted by Gasteiger charge is 2.23. The molecule has 2 fully saturated rings. The quantitative estimate of drug-likeness (QED) is 0.882. The summed E-state index contributed by atoms with van der Waals surface area (Å²) in [6.07, 6.45) is 1.59. The first-order valence-electron chi connectivity index (χ1n) is 7.62. The van der Waals surface area contributed by atoms with Crippen LogP contribution in [0.4, 0.5) is 0 Å². The summed E-state index contributed by atoms with van der Waals surface area (Å²) in [5.41, 5.74) is 0.660. The van der Waals surface area contributed by atoms with Crippen LogP contribution in [0.2, 0.25) is 0 Å². The van der Waals surface area contributed by atoms with Crippen LogP contribution in [0.3, 0.4) is 0 Å². The van der Waals surface area contributed by atoms with Crippen molar-refractivity contribution in [3.8, 4) is 0 Å². The van der Waals surface area contributed by atoms with E-state index in [4.69, 9.17) is 9.15 Å². The normalized spacial score (nSPS) is 24.2. The van der Waals surface area contributed by atoms with Crippen LogP contribution in [0.5, 0.6) is 0 Å². The highest BCUT2D eigenvalue weighted by atomic mass is 16.5. The fraction of sp³-hybridized carbons (Fsp3) is 0.667. The lowest BCUT2D eigenvalue weighted by molar-refractivity contribution is 0.0313. The largest absolute Gasteiger partial charge is 0.467 e. The summed E-state index contributed by atoms with van der Waals surface area (Å²) in [6, 6.07) is 2.23. The molecule has 3 rings (SSSR count). The van der Waals surface area contributed by atoms with Crippen molar-refractivity contribution in [3.63, 3.8) is 0 Å². The minimum Gasteiger partial charge on any atom is -0.467 e. The van der Waals surface area contributed by atoms with E-state index < -0.39 is 0 Å². The molecule has 1 aromatic heterocycles. The molecule has 2 aliphatic rings. The van der Waals surface area contributed by atoms with E-state index in [0.29, 0.717) is 11.6 Å². The van der Waals surface area contributed by atoms with E-state index in [9.17, 15) is 4.79 Å². The molecule has 1 amide bonds. The summed E-state index contributed by atoms with van der Waals surface area (Å²) in [5, 5.41) is 3.34. The Morgan fingerprint density at radius 2 is 2.19 bits per heavy atom. The highest BCUT2D eigenvalue weighted by molar-refractivity contribution is 5.94. The standard InChI is InChI=1S/C15H23N3O3/c1-12-9-18(3-2-16-12)15(19)13-8-14(21-11-13)10-17-4-6-20-7-5-17/h8,11-12,16H,2-7,9-10H2,1H3/t12-/m1/s1. The van der Waals surface area contributed by atoms with Gasteiger partial charge in [0.25, 0.3) is 5.91 Å². The van der Waals surface area contributed by atoms with Gasteiger partial charge in [-0.2, -0.15) is 0 Å². The number of furan rings is 1. The molecule has 1 aromatic rings. The molecule has 0 bridgehead atoms. The van der Waals surface area contributed by atoms with Crippen LogP contribution in [-0.2, 0) is 11.3 Å². The number of nitrogens with one attached hydrogen (secondary N) is 1. The Labute approximate surface area is 125 Å². The number of nitrogens with zero attached hydrogens (tertiary/aromatic N) is 2. The monoisotopic (exact) mass is 293 g/mol. The summed E-state index contributed by atoms with van der Waals surface area (Å²) < 4.78 is 10.9. The minimum absolute atomic E-state index is 0.0697. The van der Waals surface area contributed by atoms with Gasteiger partial charge >= 0.3 is 0 Å². The molecule has 6 heteroatoms. The highest BCUT2D eigenvalue weighted by Crippen LogP contribution is 2.14. The minimum atomic E-state index is 0.0697. The van der Waals surface area contributed by atoms with Gasteiger partial charge in [-0.05, 0) is 13.0 Å². The molecule has 0 radical (unpaired) electrons. The molecule has 0 spiro atoms. The lowest BCUT2D eigenvalue weighted by atomic mass is 10.2. The van der Waals surface area contributed by atoms with Crippen LogP contribution in [0, 0.1) is 0 Å². The third-order valence-electron chi connectivity index (χ3n) is 4.04. The van der Waals surface area contributed by atoms with E-state index in [1.165, 1.54) is 0 Å². The first kappa shape index (κ1) is 14.6. The number of carbonyl (C=O) groups excluding carboxylic acids is 1. The molecule has 6 nitrogen and oxygen atoms in total. The first-order valence-corrected chi connectivity index (χ1v) is 7.62. The number of amides is 1. The Balaban J connectivity index is 1.59. The second kappa shape index (κ2) is 6.60. The van der Waals surface area contributed by atoms with Crippen LogP contribution in [0.1, 0.15) is 23.0 Å². The molecule has 0 aromatic carbocycles. The van der Waals surface area contributed by atoms with Gasteiger partial charge in [0.1, 0.15) is 12.0 Å². The fourth-order valence-electron chi connectivity index (χ4n) is 2.85. The number of hydrogen-bond donors (Lipinski definition) is 1. The Kier molecular flexibility index (Phi) is 4.57. The summed E-state index contributed by atoms with van der Waals surface area (Å²) in [7, 11) is 0. The Bertz CT molecular complexity index is 482. The molecule has 1 N–H and O–H groups in total. The van der Waals surface area contributed by atoms with Gasteiger partial charge in [0, 0.05) is 38.8 Å². The summed E-state index contributed by atoms with van der Waals surface area (Å²) >= 11 is 0. The van der Waals surface area contributed by atoms with Gasteiger partial charge in [-0.1, -0.05) is 0 Å². The average molecular weight is 293 g/mol. The number of carbonyl (C=O) groups is 1. The van der Waals surface area contributed by atoms with Crippen molar-refractivity contribution in [1.82, 2.24) is 15.1 Å². The van der Waals surface area contributed by atoms with Crippen molar-refractivity contribution in [2.45, 2.75) is 19.5 Å². The summed E-state index contributed by atoms with van der Waals surface area (Å²) in [6.45, 7) is 8.57. The lowest BCUT2D eigenvalue weighted by Gasteiger charge is -2.31. The van der Waals surface area contributed by atoms with Gasteiger partial charge in [0.2, 0.25) is 0 Å². The van der Waals surface area contributed by atoms with Gasteiger partial charge in [-0.3, -0.25) is 9.69 Å². The predicted molar refractivity (Wildman–Crippen MR) is 78.2 cm³/mol. The zero-order valence-corrected chi connectivity index (χ0v) is 12.5. The van der Waals surface area contributed by atoms with Crippen molar-refractivity contribution in [3.05, 3.63) is 23.7 Å². The molecule has 21 heavy (non-hydrogen) atoms. The number of morpholine rings is 1. The molecular formula is C15H23N3O3. The van der Waals surface area contributed by atoms with Crippen molar-refractivity contribution in [2.75, 3.05) is 45.9 Å². The molecule has 116 valence electrons. The van der Waals surface area contributed by atoms with Crippen LogP contribution in [0.15, 0.2) is 16.7 Å². The zero-order valence-electron chi connectivity index (χ0n) is 12.5. The third kappa shape index (κ3) is 3.64. The van der Waals surface area contributed by atoms with Crippen molar-refractivity contribution in [2.24, 2.45) is 0 Å². The van der Waals surface area contributed by atoms with E-state index in [2.05, 4.69) is 17.1 Å². The summed E-state index contributed by atoms with van der Waals surface area (Å²) in [5.74, 6) is 0.920. The zero-order chi connectivity index (χ0) is 14.7. The van der Waals surface area contributed by atoms with Crippen molar-refractivity contribution >= 4 is 5.91 Å². The van der Waals surface area contributed by atoms with E-state index in [1.807, 2.05) is 11.0 Å². The third-order valence-corrected chi connectivity index (χ3v) is 4.04. The topological polar surface area (TPSA) is 58.0 Å². The average Bonchev–Trinajstić information content (AvgIpc) is 2.96. The molecule has 3 heterocycles. The van der Waals surface area contributed by atoms with Crippen LogP contribution < -0.4 is 5.32 Å². The smallest absolute Gasteiger partial charge is 0.257 e. The predicted octanol–water partition coefficient (Wildman–Crippen LogP) is 0.546. The molecule has 0 aliphatic carbocycles. The van der Waals surface area contributed by atoms with Gasteiger partial charge in [0.05, 0.1) is 25.3 Å². The Hall–Kier alpha value is -1.37. The van der Waals surface area contributed by atoms with E-state index in [0.717, 1.165) is 58.2 Å². The lowest BCUT2D eigenvalue weighted by Crippen LogP contribution is -2.51. The first-order chi connectivity index (χ1) is 10.2. The second-order valence-electron chi connectivity index (χ2n) is 5.80. The molecular weight excluding hydrogens is 270 g/mol. The number of ether oxygens (including phenoxy) is 1. The maximum Gasteiger partial charge on any atom is 0.257 e. The van der Waals surface area contributed by atoms with Gasteiger partial charge in [-0.25, -0.2) is 0 Å². The summed E-state index contributed by atoms with van der Waals surface area (Å²) in [4.78, 5) is 16.6. The molecule has 2 aliphatic heterocycles. The molecule has 1 atom stereocenters. The maximum atomic E-state index is 12.5. The molecule has 0 unspecified atom stereocenters. The van der Waals surface area contributed by atoms with E-state index in [1.54, 1.807) is 6.26 Å². The maximum absolute atomic E-state index is 12.5. The molecule has 0 saturated carbocycles. The Morgan fingerprint density at radius 1 is 1.38 bits per heavy atom.